The molecule has 2 aliphatic rings. The topological polar surface area (TPSA) is 66.5 Å². The van der Waals surface area contributed by atoms with Crippen LogP contribution < -0.4 is 5.32 Å². The minimum absolute atomic E-state index is 0.00958. The highest BCUT2D eigenvalue weighted by Crippen LogP contribution is 2.52. The number of halogens is 5. The Labute approximate surface area is 203 Å². The van der Waals surface area contributed by atoms with Crippen molar-refractivity contribution in [1.82, 2.24) is 10.2 Å². The Morgan fingerprint density at radius 3 is 2.20 bits per heavy atom. The molecule has 184 valence electrons. The zero-order valence-corrected chi connectivity index (χ0v) is 19.6. The van der Waals surface area contributed by atoms with Crippen molar-refractivity contribution in [2.24, 2.45) is 5.41 Å². The smallest absolute Gasteiger partial charge is 0.326 e. The van der Waals surface area contributed by atoms with Gasteiger partial charge in [-0.25, -0.2) is 4.39 Å². The van der Waals surface area contributed by atoms with Crippen LogP contribution in [0.4, 0.5) is 17.6 Å². The van der Waals surface area contributed by atoms with Crippen LogP contribution in [0.5, 0.6) is 0 Å². The predicted octanol–water partition coefficient (Wildman–Crippen LogP) is 5.20. The van der Waals surface area contributed by atoms with Gasteiger partial charge in [0.25, 0.3) is 11.8 Å². The second-order valence-electron chi connectivity index (χ2n) is 9.49. The second kappa shape index (κ2) is 8.48. The van der Waals surface area contributed by atoms with Gasteiger partial charge < -0.3 is 10.2 Å². The summed E-state index contributed by atoms with van der Waals surface area (Å²) in [5.74, 6) is -4.07. The summed E-state index contributed by atoms with van der Waals surface area (Å²) in [4.78, 5) is 40.5. The van der Waals surface area contributed by atoms with Crippen molar-refractivity contribution in [2.75, 3.05) is 0 Å². The van der Waals surface area contributed by atoms with Gasteiger partial charge in [0.1, 0.15) is 5.82 Å². The van der Waals surface area contributed by atoms with E-state index in [1.54, 1.807) is 13.8 Å². The number of ketones is 1. The van der Waals surface area contributed by atoms with Gasteiger partial charge in [0, 0.05) is 22.7 Å². The number of nitrogens with zero attached hydrogens (tertiary/aromatic N) is 1. The van der Waals surface area contributed by atoms with Crippen molar-refractivity contribution in [2.45, 2.75) is 44.9 Å². The number of carbonyl (C=O) groups is 3. The Hall–Kier alpha value is -3.20. The summed E-state index contributed by atoms with van der Waals surface area (Å²) in [6.45, 7) is 3.11. The maximum atomic E-state index is 14.8. The van der Waals surface area contributed by atoms with E-state index < -0.39 is 46.1 Å². The molecule has 2 aromatic carbocycles. The SMILES string of the molecule is CC1(C)CC(=O)C2=C(C1)N(Cc1ccc(F)cc1)C(=O)C2(NC(=O)c1ccc(Cl)cc1)C(F)(F)F. The first-order valence-corrected chi connectivity index (χ1v) is 11.1. The molecule has 35 heavy (non-hydrogen) atoms. The highest BCUT2D eigenvalue weighted by atomic mass is 35.5. The molecular weight excluding hydrogens is 488 g/mol. The third-order valence-corrected chi connectivity index (χ3v) is 6.46. The highest BCUT2D eigenvalue weighted by Gasteiger charge is 2.71. The zero-order chi connectivity index (χ0) is 25.8. The van der Waals surface area contributed by atoms with E-state index in [1.807, 2.05) is 5.32 Å². The van der Waals surface area contributed by atoms with Gasteiger partial charge in [0.05, 0.1) is 12.1 Å². The molecule has 1 atom stereocenters. The molecule has 1 heterocycles. The van der Waals surface area contributed by atoms with Crippen molar-refractivity contribution in [3.63, 3.8) is 0 Å². The van der Waals surface area contributed by atoms with Crippen LogP contribution >= 0.6 is 11.6 Å². The van der Waals surface area contributed by atoms with Gasteiger partial charge in [0.2, 0.25) is 5.54 Å². The third-order valence-electron chi connectivity index (χ3n) is 6.21. The summed E-state index contributed by atoms with van der Waals surface area (Å²) in [5, 5.41) is 2.13. The maximum absolute atomic E-state index is 14.8. The van der Waals surface area contributed by atoms with Crippen LogP contribution in [0.25, 0.3) is 0 Å². The molecule has 10 heteroatoms. The van der Waals surface area contributed by atoms with E-state index in [0.717, 1.165) is 17.0 Å². The molecule has 0 aromatic heterocycles. The third kappa shape index (κ3) is 4.33. The number of hydrogen-bond donors (Lipinski definition) is 1. The molecule has 0 spiro atoms. The van der Waals surface area contributed by atoms with Crippen molar-refractivity contribution >= 4 is 29.2 Å². The lowest BCUT2D eigenvalue weighted by Gasteiger charge is -2.35. The van der Waals surface area contributed by atoms with Crippen LogP contribution in [0.2, 0.25) is 5.02 Å². The lowest BCUT2D eigenvalue weighted by Crippen LogP contribution is -2.66. The molecule has 0 saturated carbocycles. The van der Waals surface area contributed by atoms with E-state index in [2.05, 4.69) is 0 Å². The molecule has 5 nitrogen and oxygen atoms in total. The van der Waals surface area contributed by atoms with E-state index in [4.69, 9.17) is 11.6 Å². The van der Waals surface area contributed by atoms with Gasteiger partial charge in [-0.1, -0.05) is 37.6 Å². The fourth-order valence-corrected chi connectivity index (χ4v) is 4.74. The minimum atomic E-state index is -5.32. The maximum Gasteiger partial charge on any atom is 0.425 e. The summed E-state index contributed by atoms with van der Waals surface area (Å²) < 4.78 is 57.7. The second-order valence-corrected chi connectivity index (χ2v) is 9.93. The molecule has 0 bridgehead atoms. The van der Waals surface area contributed by atoms with Crippen LogP contribution in [-0.4, -0.2) is 34.2 Å². The number of amides is 2. The monoisotopic (exact) mass is 508 g/mol. The minimum Gasteiger partial charge on any atom is -0.326 e. The van der Waals surface area contributed by atoms with Gasteiger partial charge >= 0.3 is 6.18 Å². The molecule has 1 N–H and O–H groups in total. The van der Waals surface area contributed by atoms with Gasteiger partial charge in [0.15, 0.2) is 5.78 Å². The first-order chi connectivity index (χ1) is 16.2. The van der Waals surface area contributed by atoms with Crippen molar-refractivity contribution in [1.29, 1.82) is 0 Å². The highest BCUT2D eigenvalue weighted by molar-refractivity contribution is 6.30. The summed E-state index contributed by atoms with van der Waals surface area (Å²) in [5.41, 5.74) is -4.91. The number of hydrogen-bond acceptors (Lipinski definition) is 3. The average Bonchev–Trinajstić information content (AvgIpc) is 2.98. The van der Waals surface area contributed by atoms with Crippen LogP contribution in [0.3, 0.4) is 0 Å². The van der Waals surface area contributed by atoms with Gasteiger partial charge in [-0.15, -0.1) is 0 Å². The van der Waals surface area contributed by atoms with Gasteiger partial charge in [-0.2, -0.15) is 13.2 Å². The largest absolute Gasteiger partial charge is 0.425 e. The predicted molar refractivity (Wildman–Crippen MR) is 120 cm³/mol. The quantitative estimate of drug-likeness (QED) is 0.578. The van der Waals surface area contributed by atoms with Gasteiger partial charge in [-0.3, -0.25) is 14.4 Å². The number of rotatable bonds is 4. The number of allylic oxidation sites excluding steroid dienone is 1. The molecule has 1 aliphatic heterocycles. The van der Waals surface area contributed by atoms with Crippen molar-refractivity contribution < 1.29 is 31.9 Å². The Morgan fingerprint density at radius 1 is 1.03 bits per heavy atom. The van der Waals surface area contributed by atoms with Gasteiger partial charge in [-0.05, 0) is 53.8 Å². The molecule has 1 unspecified atom stereocenters. The first kappa shape index (κ1) is 24.9. The van der Waals surface area contributed by atoms with Crippen LogP contribution in [-0.2, 0) is 16.1 Å². The molecular formula is C25H21ClF4N2O3. The molecule has 4 rings (SSSR count). The van der Waals surface area contributed by atoms with E-state index in [9.17, 15) is 31.9 Å². The summed E-state index contributed by atoms with van der Waals surface area (Å²) in [7, 11) is 0. The van der Waals surface area contributed by atoms with Crippen LogP contribution in [0, 0.1) is 11.2 Å². The molecule has 2 aromatic rings. The Morgan fingerprint density at radius 2 is 1.63 bits per heavy atom. The van der Waals surface area contributed by atoms with E-state index in [-0.39, 0.29) is 35.7 Å². The molecule has 1 aliphatic carbocycles. The fourth-order valence-electron chi connectivity index (χ4n) is 4.61. The summed E-state index contributed by atoms with van der Waals surface area (Å²) in [6, 6.07) is 10.0. The normalized spacial score (nSPS) is 21.9. The van der Waals surface area contributed by atoms with E-state index in [0.29, 0.717) is 5.56 Å². The lowest BCUT2D eigenvalue weighted by atomic mass is 9.72. The first-order valence-electron chi connectivity index (χ1n) is 10.7. The summed E-state index contributed by atoms with van der Waals surface area (Å²) in [6.07, 6.45) is -5.53. The molecule has 0 radical (unpaired) electrons. The van der Waals surface area contributed by atoms with Crippen LogP contribution in [0.1, 0.15) is 42.6 Å². The summed E-state index contributed by atoms with van der Waals surface area (Å²) >= 11 is 5.80. The number of alkyl halides is 3. The Bertz CT molecular complexity index is 1240. The number of Topliss-reactive ketones (excluding diaryl/α,β-unsaturated/α-hetero) is 1. The number of benzene rings is 2. The average molecular weight is 509 g/mol. The molecule has 2 amide bonds. The Balaban J connectivity index is 1.86. The fraction of sp³-hybridized carbons (Fsp3) is 0.320. The van der Waals surface area contributed by atoms with E-state index in [1.165, 1.54) is 36.4 Å². The molecule has 0 saturated heterocycles. The zero-order valence-electron chi connectivity index (χ0n) is 18.8. The molecule has 0 fully saturated rings. The number of nitrogens with one attached hydrogen (secondary N) is 1. The van der Waals surface area contributed by atoms with Crippen molar-refractivity contribution in [3.05, 3.63) is 81.8 Å². The van der Waals surface area contributed by atoms with E-state index >= 15 is 0 Å². The van der Waals surface area contributed by atoms with Crippen molar-refractivity contribution in [3.8, 4) is 0 Å². The lowest BCUT2D eigenvalue weighted by molar-refractivity contribution is -0.190. The Kier molecular flexibility index (Phi) is 6.03. The standard InChI is InChI=1S/C25H21ClF4N2O3/c1-23(2)11-18-20(19(33)12-23)24(25(28,29)30,31-21(34)15-5-7-16(26)8-6-15)22(35)32(18)13-14-3-9-17(27)10-4-14/h3-10H,11-13H2,1-2H3,(H,31,34). The van der Waals surface area contributed by atoms with Crippen LogP contribution in [0.15, 0.2) is 59.8 Å². The number of carbonyl (C=O) groups excluding carboxylic acids is 3.